The fraction of sp³-hybridized carbons (Fsp3) is 0.436. The number of benzene rings is 3. The number of ether oxygens (including phenoxy) is 2. The Kier molecular flexibility index (Phi) is 18.6. The van der Waals surface area contributed by atoms with Crippen molar-refractivity contribution in [2.24, 2.45) is 16.3 Å². The molecule has 14 nitrogen and oxygen atoms in total. The van der Waals surface area contributed by atoms with Crippen LogP contribution in [0, 0.1) is 11.3 Å². The van der Waals surface area contributed by atoms with Gasteiger partial charge in [-0.05, 0) is 41.0 Å². The number of nitrogens with zero attached hydrogens (tertiary/aromatic N) is 2. The highest BCUT2D eigenvalue weighted by atomic mass is 32.2. The molecule has 0 fully saturated rings. The number of sulfonamides is 1. The van der Waals surface area contributed by atoms with Gasteiger partial charge >= 0.3 is 12.2 Å². The Morgan fingerprint density at radius 1 is 0.833 bits per heavy atom. The van der Waals surface area contributed by atoms with Crippen LogP contribution >= 0.6 is 0 Å². The molecule has 0 aliphatic heterocycles. The van der Waals surface area contributed by atoms with Crippen molar-refractivity contribution in [1.29, 1.82) is 0 Å². The molecule has 3 amide bonds. The first kappa shape index (κ1) is 45.2. The molecule has 0 aromatic heterocycles. The molecule has 3 aromatic rings. The molecule has 0 saturated carbocycles. The second-order valence-electron chi connectivity index (χ2n) is 13.8. The van der Waals surface area contributed by atoms with E-state index in [-0.39, 0.29) is 36.9 Å². The third-order valence-electron chi connectivity index (χ3n) is 7.90. The molecule has 0 aliphatic carbocycles. The van der Waals surface area contributed by atoms with E-state index in [9.17, 15) is 27.9 Å². The molecule has 54 heavy (non-hydrogen) atoms. The number of nitrogens with one attached hydrogen (secondary N) is 4. The number of guanidine groups is 1. The highest BCUT2D eigenvalue weighted by Gasteiger charge is 2.37. The number of hydrogen-bond acceptors (Lipinski definition) is 9. The average Bonchev–Trinajstić information content (AvgIpc) is 3.15. The standard InChI is InChI=1S/C34H45N3O6S.C5H11N3O2/c1-25(2)22-37(44(41,42)28-19-13-8-14-20-28)23-30(38)29(21-26-15-9-6-10-16-26)35-32(39)31(34(3,4)5)36-33(40)43-24-27-17-11-7-12-18-27;1-6-4(7-2)8-5(9)10-3/h6-20,25,29-31,38H,21-24H2,1-5H3,(H,35,39)(H,36,40);1-3H3,(H2,6,7,8,9)/t29-,30+,31+;/m0./s1. The number of hydrogen-bond donors (Lipinski definition) is 5. The summed E-state index contributed by atoms with van der Waals surface area (Å²) < 4.78 is 38.1. The van der Waals surface area contributed by atoms with Crippen molar-refractivity contribution in [3.63, 3.8) is 0 Å². The summed E-state index contributed by atoms with van der Waals surface area (Å²) in [5.74, 6) is -0.151. The Hall–Kier alpha value is -4.99. The first-order valence-electron chi connectivity index (χ1n) is 17.6. The van der Waals surface area contributed by atoms with Gasteiger partial charge in [-0.25, -0.2) is 18.0 Å². The van der Waals surface area contributed by atoms with Crippen LogP contribution in [0.3, 0.4) is 0 Å². The fourth-order valence-corrected chi connectivity index (χ4v) is 6.75. The highest BCUT2D eigenvalue weighted by Crippen LogP contribution is 2.22. The van der Waals surface area contributed by atoms with Crippen LogP contribution in [0.1, 0.15) is 45.7 Å². The van der Waals surface area contributed by atoms with Crippen LogP contribution in [0.15, 0.2) is 101 Å². The quantitative estimate of drug-likeness (QED) is 0.118. The maximum Gasteiger partial charge on any atom is 0.413 e. The minimum absolute atomic E-state index is 0.0146. The maximum absolute atomic E-state index is 13.8. The Morgan fingerprint density at radius 2 is 1.37 bits per heavy atom. The Bertz CT molecular complexity index is 1720. The molecule has 5 N–H and O–H groups in total. The summed E-state index contributed by atoms with van der Waals surface area (Å²) in [6.07, 6.45) is -2.30. The summed E-state index contributed by atoms with van der Waals surface area (Å²) in [6.45, 7) is 9.23. The molecule has 0 radical (unpaired) electrons. The largest absolute Gasteiger partial charge is 0.453 e. The summed E-state index contributed by atoms with van der Waals surface area (Å²) in [5, 5.41) is 22.2. The van der Waals surface area contributed by atoms with Gasteiger partial charge in [-0.15, -0.1) is 0 Å². The van der Waals surface area contributed by atoms with Crippen LogP contribution < -0.4 is 21.3 Å². The van der Waals surface area contributed by atoms with Crippen molar-refractivity contribution < 1.29 is 37.4 Å². The van der Waals surface area contributed by atoms with Crippen LogP contribution in [0.5, 0.6) is 0 Å². The monoisotopic (exact) mass is 768 g/mol. The van der Waals surface area contributed by atoms with E-state index in [0.717, 1.165) is 11.1 Å². The minimum atomic E-state index is -3.92. The number of carbonyl (C=O) groups excluding carboxylic acids is 3. The van der Waals surface area contributed by atoms with Crippen molar-refractivity contribution in [2.45, 2.75) is 70.7 Å². The Balaban J connectivity index is 0.000000881. The van der Waals surface area contributed by atoms with Gasteiger partial charge in [0.2, 0.25) is 15.9 Å². The molecular weight excluding hydrogens is 713 g/mol. The van der Waals surface area contributed by atoms with Crippen LogP contribution in [-0.2, 0) is 37.3 Å². The molecule has 3 atom stereocenters. The molecule has 0 spiro atoms. The molecule has 0 saturated heterocycles. The first-order valence-corrected chi connectivity index (χ1v) is 19.0. The second-order valence-corrected chi connectivity index (χ2v) is 15.8. The van der Waals surface area contributed by atoms with E-state index in [4.69, 9.17) is 4.74 Å². The zero-order valence-corrected chi connectivity index (χ0v) is 33.2. The predicted octanol–water partition coefficient (Wildman–Crippen LogP) is 4.31. The first-order chi connectivity index (χ1) is 25.5. The summed E-state index contributed by atoms with van der Waals surface area (Å²) in [5.41, 5.74) is 0.945. The third kappa shape index (κ3) is 15.5. The van der Waals surface area contributed by atoms with E-state index in [0.29, 0.717) is 5.96 Å². The normalized spacial score (nSPS) is 13.4. The molecule has 0 heterocycles. The molecule has 3 rings (SSSR count). The van der Waals surface area contributed by atoms with Gasteiger partial charge in [-0.3, -0.25) is 15.1 Å². The van der Waals surface area contributed by atoms with Gasteiger partial charge in [0, 0.05) is 27.2 Å². The number of rotatable bonds is 14. The average molecular weight is 769 g/mol. The van der Waals surface area contributed by atoms with Crippen LogP contribution in [0.25, 0.3) is 0 Å². The zero-order chi connectivity index (χ0) is 40.3. The van der Waals surface area contributed by atoms with Gasteiger partial charge in [0.1, 0.15) is 12.6 Å². The van der Waals surface area contributed by atoms with Gasteiger partial charge in [-0.1, -0.05) is 113 Å². The minimum Gasteiger partial charge on any atom is -0.453 e. The predicted molar refractivity (Wildman–Crippen MR) is 209 cm³/mol. The van der Waals surface area contributed by atoms with Crippen LogP contribution in [0.4, 0.5) is 9.59 Å². The van der Waals surface area contributed by atoms with Crippen molar-refractivity contribution in [1.82, 2.24) is 25.6 Å². The van der Waals surface area contributed by atoms with E-state index < -0.39 is 51.7 Å². The Labute approximate surface area is 319 Å². The van der Waals surface area contributed by atoms with E-state index in [1.165, 1.54) is 23.5 Å². The molecule has 15 heteroatoms. The van der Waals surface area contributed by atoms with Gasteiger partial charge in [0.05, 0.1) is 24.2 Å². The molecular formula is C39H56N6O8S. The number of aliphatic hydroxyl groups is 1. The topological polar surface area (TPSA) is 188 Å². The smallest absolute Gasteiger partial charge is 0.413 e. The lowest BCUT2D eigenvalue weighted by atomic mass is 9.85. The highest BCUT2D eigenvalue weighted by molar-refractivity contribution is 7.89. The van der Waals surface area contributed by atoms with Gasteiger partial charge in [0.25, 0.3) is 0 Å². The zero-order valence-electron chi connectivity index (χ0n) is 32.4. The Morgan fingerprint density at radius 3 is 1.85 bits per heavy atom. The van der Waals surface area contributed by atoms with E-state index in [2.05, 4.69) is 31.0 Å². The van der Waals surface area contributed by atoms with Crippen LogP contribution in [-0.4, -0.2) is 94.4 Å². The van der Waals surface area contributed by atoms with Crippen molar-refractivity contribution >= 4 is 34.1 Å². The number of amides is 3. The van der Waals surface area contributed by atoms with Crippen molar-refractivity contribution in [3.8, 4) is 0 Å². The fourth-order valence-electron chi connectivity index (χ4n) is 5.11. The molecule has 296 valence electrons. The lowest BCUT2D eigenvalue weighted by Gasteiger charge is -2.34. The number of aliphatic imine (C=N–C) groups is 1. The van der Waals surface area contributed by atoms with Crippen molar-refractivity contribution in [2.75, 3.05) is 34.3 Å². The van der Waals surface area contributed by atoms with Crippen LogP contribution in [0.2, 0.25) is 0 Å². The summed E-state index contributed by atoms with van der Waals surface area (Å²) in [6, 6.07) is 24.8. The van der Waals surface area contributed by atoms with E-state index in [1.807, 2.05) is 95.3 Å². The summed E-state index contributed by atoms with van der Waals surface area (Å²) in [7, 11) is 0.575. The lowest BCUT2D eigenvalue weighted by molar-refractivity contribution is -0.127. The number of aliphatic hydroxyl groups excluding tert-OH is 1. The molecule has 0 bridgehead atoms. The molecule has 3 aromatic carbocycles. The number of carbonyl (C=O) groups is 3. The number of alkyl carbamates (subject to hydrolysis) is 2. The maximum atomic E-state index is 13.8. The SMILES string of the molecule is CC(C)CN(C[C@@H](O)[C@H](Cc1ccccc1)NC(=O)[C@@H](NC(=O)OCc1ccccc1)C(C)(C)C)S(=O)(=O)c1ccccc1.CN=C(NC)NC(=O)OC. The van der Waals surface area contributed by atoms with Gasteiger partial charge in [0.15, 0.2) is 5.96 Å². The second kappa shape index (κ2) is 22.3. The van der Waals surface area contributed by atoms with E-state index in [1.54, 1.807) is 32.3 Å². The van der Waals surface area contributed by atoms with Gasteiger partial charge in [-0.2, -0.15) is 4.31 Å². The third-order valence-corrected chi connectivity index (χ3v) is 9.75. The van der Waals surface area contributed by atoms with Gasteiger partial charge < -0.3 is 30.5 Å². The molecule has 0 unspecified atom stereocenters. The van der Waals surface area contributed by atoms with E-state index >= 15 is 0 Å². The summed E-state index contributed by atoms with van der Waals surface area (Å²) in [4.78, 5) is 40.8. The van der Waals surface area contributed by atoms with Crippen molar-refractivity contribution in [3.05, 3.63) is 102 Å². The lowest BCUT2D eigenvalue weighted by Crippen LogP contribution is -2.58. The number of methoxy groups -OCH3 is 1. The summed E-state index contributed by atoms with van der Waals surface area (Å²) >= 11 is 0. The molecule has 0 aliphatic rings.